The molecule has 5 nitrogen and oxygen atoms in total. The van der Waals surface area contributed by atoms with Crippen molar-refractivity contribution >= 4 is 33.5 Å². The number of para-hydroxylation sites is 1. The molecule has 0 aliphatic rings. The smallest absolute Gasteiger partial charge is 0.339 e. The summed E-state index contributed by atoms with van der Waals surface area (Å²) in [6, 6.07) is 13.9. The third-order valence-corrected chi connectivity index (χ3v) is 3.56. The Morgan fingerprint density at radius 3 is 2.57 bits per heavy atom. The van der Waals surface area contributed by atoms with Gasteiger partial charge in [0.15, 0.2) is 6.10 Å². The largest absolute Gasteiger partial charge is 0.481 e. The van der Waals surface area contributed by atoms with Crippen LogP contribution in [0, 0.1) is 0 Å². The van der Waals surface area contributed by atoms with E-state index in [1.807, 2.05) is 12.1 Å². The van der Waals surface area contributed by atoms with Crippen molar-refractivity contribution in [1.29, 1.82) is 0 Å². The van der Waals surface area contributed by atoms with Gasteiger partial charge in [-0.05, 0) is 37.3 Å². The van der Waals surface area contributed by atoms with Crippen molar-refractivity contribution in [3.8, 4) is 5.75 Å². The molecule has 1 N–H and O–H groups in total. The highest BCUT2D eigenvalue weighted by Gasteiger charge is 2.18. The van der Waals surface area contributed by atoms with E-state index in [2.05, 4.69) is 21.2 Å². The number of carbonyl (C=O) groups excluding carboxylic acids is 2. The number of carbonyl (C=O) groups is 2. The van der Waals surface area contributed by atoms with E-state index in [4.69, 9.17) is 9.47 Å². The van der Waals surface area contributed by atoms with Crippen LogP contribution in [-0.4, -0.2) is 25.1 Å². The number of rotatable bonds is 5. The van der Waals surface area contributed by atoms with E-state index in [9.17, 15) is 9.59 Å². The Bertz CT molecular complexity index is 717. The van der Waals surface area contributed by atoms with E-state index in [1.54, 1.807) is 43.3 Å². The first-order valence-electron chi connectivity index (χ1n) is 6.91. The molecule has 0 saturated heterocycles. The Balaban J connectivity index is 2.08. The Morgan fingerprint density at radius 1 is 1.13 bits per heavy atom. The van der Waals surface area contributed by atoms with Crippen molar-refractivity contribution in [3.05, 3.63) is 58.6 Å². The molecule has 2 aromatic rings. The van der Waals surface area contributed by atoms with E-state index < -0.39 is 12.1 Å². The van der Waals surface area contributed by atoms with Crippen LogP contribution in [0.2, 0.25) is 0 Å². The van der Waals surface area contributed by atoms with Crippen LogP contribution in [0.25, 0.3) is 0 Å². The number of hydrogen-bond donors (Lipinski definition) is 1. The summed E-state index contributed by atoms with van der Waals surface area (Å²) in [5.74, 6) is -0.300. The average Bonchev–Trinajstić information content (AvgIpc) is 2.54. The highest BCUT2D eigenvalue weighted by Crippen LogP contribution is 2.20. The van der Waals surface area contributed by atoms with Crippen molar-refractivity contribution in [2.24, 2.45) is 0 Å². The van der Waals surface area contributed by atoms with Crippen molar-refractivity contribution in [2.75, 3.05) is 12.4 Å². The highest BCUT2D eigenvalue weighted by atomic mass is 79.9. The quantitative estimate of drug-likeness (QED) is 0.807. The lowest BCUT2D eigenvalue weighted by molar-refractivity contribution is -0.122. The predicted octanol–water partition coefficient (Wildman–Crippen LogP) is 3.64. The minimum absolute atomic E-state index is 0.290. The Labute approximate surface area is 142 Å². The van der Waals surface area contributed by atoms with Crippen LogP contribution in [-0.2, 0) is 9.53 Å². The van der Waals surface area contributed by atoms with Crippen LogP contribution in [0.4, 0.5) is 5.69 Å². The maximum absolute atomic E-state index is 12.3. The van der Waals surface area contributed by atoms with Crippen LogP contribution >= 0.6 is 15.9 Å². The van der Waals surface area contributed by atoms with Crippen LogP contribution < -0.4 is 10.1 Å². The molecule has 6 heteroatoms. The maximum Gasteiger partial charge on any atom is 0.339 e. The molecule has 0 radical (unpaired) electrons. The second kappa shape index (κ2) is 7.78. The van der Waals surface area contributed by atoms with Gasteiger partial charge in [0.1, 0.15) is 5.75 Å². The number of benzene rings is 2. The Kier molecular flexibility index (Phi) is 5.76. The molecule has 0 spiro atoms. The first kappa shape index (κ1) is 17.0. The number of esters is 1. The molecule has 0 aromatic heterocycles. The fraction of sp³-hybridized carbons (Fsp3) is 0.176. The van der Waals surface area contributed by atoms with Gasteiger partial charge in [0.2, 0.25) is 0 Å². The molecule has 0 fully saturated rings. The number of ether oxygens (including phenoxy) is 2. The molecule has 1 amide bonds. The van der Waals surface area contributed by atoms with Gasteiger partial charge < -0.3 is 14.8 Å². The topological polar surface area (TPSA) is 64.6 Å². The van der Waals surface area contributed by atoms with Crippen LogP contribution in [0.5, 0.6) is 5.75 Å². The Morgan fingerprint density at radius 2 is 1.87 bits per heavy atom. The van der Waals surface area contributed by atoms with E-state index in [0.29, 0.717) is 11.4 Å². The SMILES string of the molecule is COC(=O)c1ccccc1NC(=O)[C@@H](C)Oc1cccc(Br)c1. The molecule has 0 bridgehead atoms. The molecule has 0 unspecified atom stereocenters. The fourth-order valence-corrected chi connectivity index (χ4v) is 2.29. The lowest BCUT2D eigenvalue weighted by atomic mass is 10.1. The van der Waals surface area contributed by atoms with Gasteiger partial charge in [-0.15, -0.1) is 0 Å². The van der Waals surface area contributed by atoms with Gasteiger partial charge in [-0.1, -0.05) is 34.1 Å². The lowest BCUT2D eigenvalue weighted by Gasteiger charge is -2.16. The van der Waals surface area contributed by atoms with Crippen molar-refractivity contribution in [3.63, 3.8) is 0 Å². The summed E-state index contributed by atoms with van der Waals surface area (Å²) >= 11 is 3.34. The highest BCUT2D eigenvalue weighted by molar-refractivity contribution is 9.10. The molecule has 23 heavy (non-hydrogen) atoms. The summed E-state index contributed by atoms with van der Waals surface area (Å²) in [4.78, 5) is 24.0. The number of methoxy groups -OCH3 is 1. The molecule has 0 saturated carbocycles. The standard InChI is InChI=1S/C17H16BrNO4/c1-11(23-13-7-5-6-12(18)10-13)16(20)19-15-9-4-3-8-14(15)17(21)22-2/h3-11H,1-2H3,(H,19,20)/t11-/m1/s1. The van der Waals surface area contributed by atoms with Gasteiger partial charge in [-0.2, -0.15) is 0 Å². The zero-order valence-electron chi connectivity index (χ0n) is 12.7. The summed E-state index contributed by atoms with van der Waals surface area (Å²) in [6.07, 6.45) is -0.727. The van der Waals surface area contributed by atoms with Crippen molar-refractivity contribution in [1.82, 2.24) is 0 Å². The van der Waals surface area contributed by atoms with E-state index in [-0.39, 0.29) is 11.5 Å². The summed E-state index contributed by atoms with van der Waals surface area (Å²) in [5.41, 5.74) is 0.673. The van der Waals surface area contributed by atoms with E-state index in [0.717, 1.165) is 4.47 Å². The minimum atomic E-state index is -0.727. The third-order valence-electron chi connectivity index (χ3n) is 3.07. The van der Waals surface area contributed by atoms with E-state index in [1.165, 1.54) is 7.11 Å². The second-order valence-corrected chi connectivity index (χ2v) is 5.66. The normalized spacial score (nSPS) is 11.4. The molecular formula is C17H16BrNO4. The molecule has 1 atom stereocenters. The third kappa shape index (κ3) is 4.56. The number of nitrogens with one attached hydrogen (secondary N) is 1. The first-order valence-corrected chi connectivity index (χ1v) is 7.71. The fourth-order valence-electron chi connectivity index (χ4n) is 1.91. The lowest BCUT2D eigenvalue weighted by Crippen LogP contribution is -2.30. The van der Waals surface area contributed by atoms with Gasteiger partial charge in [0.25, 0.3) is 5.91 Å². The molecule has 0 aliphatic heterocycles. The number of amides is 1. The van der Waals surface area contributed by atoms with Gasteiger partial charge in [-0.3, -0.25) is 4.79 Å². The van der Waals surface area contributed by atoms with Gasteiger partial charge in [-0.25, -0.2) is 4.79 Å². The van der Waals surface area contributed by atoms with Crippen molar-refractivity contribution < 1.29 is 19.1 Å². The summed E-state index contributed by atoms with van der Waals surface area (Å²) < 4.78 is 11.2. The second-order valence-electron chi connectivity index (χ2n) is 4.74. The minimum Gasteiger partial charge on any atom is -0.481 e. The maximum atomic E-state index is 12.3. The predicted molar refractivity (Wildman–Crippen MR) is 90.6 cm³/mol. The van der Waals surface area contributed by atoms with Gasteiger partial charge >= 0.3 is 5.97 Å². The van der Waals surface area contributed by atoms with Gasteiger partial charge in [0, 0.05) is 4.47 Å². The first-order chi connectivity index (χ1) is 11.0. The number of anilines is 1. The zero-order valence-corrected chi connectivity index (χ0v) is 14.3. The summed E-state index contributed by atoms with van der Waals surface area (Å²) in [7, 11) is 1.29. The van der Waals surface area contributed by atoms with Crippen LogP contribution in [0.1, 0.15) is 17.3 Å². The molecular weight excluding hydrogens is 362 g/mol. The zero-order chi connectivity index (χ0) is 16.8. The molecule has 2 aromatic carbocycles. The summed E-state index contributed by atoms with van der Waals surface area (Å²) in [6.45, 7) is 1.64. The van der Waals surface area contributed by atoms with Gasteiger partial charge in [0.05, 0.1) is 18.4 Å². The molecule has 0 heterocycles. The number of halogens is 1. The number of hydrogen-bond acceptors (Lipinski definition) is 4. The average molecular weight is 378 g/mol. The monoisotopic (exact) mass is 377 g/mol. The molecule has 2 rings (SSSR count). The molecule has 120 valence electrons. The van der Waals surface area contributed by atoms with E-state index >= 15 is 0 Å². The molecule has 0 aliphatic carbocycles. The van der Waals surface area contributed by atoms with Crippen LogP contribution in [0.15, 0.2) is 53.0 Å². The van der Waals surface area contributed by atoms with Crippen molar-refractivity contribution in [2.45, 2.75) is 13.0 Å². The summed E-state index contributed by atoms with van der Waals surface area (Å²) in [5, 5.41) is 2.68. The Hall–Kier alpha value is -2.34. The van der Waals surface area contributed by atoms with Crippen LogP contribution in [0.3, 0.4) is 0 Å².